The number of benzene rings is 2. The average Bonchev–Trinajstić information content (AvgIpc) is 3.45. The summed E-state index contributed by atoms with van der Waals surface area (Å²) in [5.41, 5.74) is 29.6. The Bertz CT molecular complexity index is 1390. The molecule has 0 fully saturated rings. The third kappa shape index (κ3) is 13.1. The van der Waals surface area contributed by atoms with Gasteiger partial charge in [-0.05, 0) is 148 Å². The van der Waals surface area contributed by atoms with Gasteiger partial charge in [0.05, 0.1) is 0 Å². The van der Waals surface area contributed by atoms with Crippen molar-refractivity contribution in [1.29, 1.82) is 0 Å². The fourth-order valence-corrected chi connectivity index (χ4v) is 8.91. The van der Waals surface area contributed by atoms with E-state index in [-0.39, 0.29) is 0 Å². The maximum absolute atomic E-state index is 12.8. The Balaban J connectivity index is 2.32. The van der Waals surface area contributed by atoms with Gasteiger partial charge in [0, 0.05) is 22.3 Å². The van der Waals surface area contributed by atoms with Gasteiger partial charge in [-0.1, -0.05) is 139 Å². The predicted molar refractivity (Wildman–Crippen MR) is 235 cm³/mol. The van der Waals surface area contributed by atoms with Crippen molar-refractivity contribution in [3.8, 4) is 0 Å². The Morgan fingerprint density at radius 2 is 0.642 bits per heavy atom. The monoisotopic (exact) mass is 723 g/mol. The normalized spacial score (nSPS) is 13.3. The molecule has 1 heterocycles. The van der Waals surface area contributed by atoms with Gasteiger partial charge >= 0.3 is 0 Å². The van der Waals surface area contributed by atoms with Crippen molar-refractivity contribution >= 4 is 11.4 Å². The van der Waals surface area contributed by atoms with E-state index in [1.165, 1.54) is 167 Å². The zero-order valence-electron chi connectivity index (χ0n) is 36.3. The van der Waals surface area contributed by atoms with Crippen molar-refractivity contribution in [1.82, 2.24) is 0 Å². The first-order chi connectivity index (χ1) is 25.9. The van der Waals surface area contributed by atoms with Crippen LogP contribution in [-0.2, 0) is 38.5 Å². The number of aryl methyl sites for hydroxylation is 4. The quantitative estimate of drug-likeness (QED) is 0.0590. The highest BCUT2D eigenvalue weighted by Gasteiger charge is 2.36. The van der Waals surface area contributed by atoms with Gasteiger partial charge in [0.25, 0.3) is 0 Å². The molecule has 0 atom stereocenters. The van der Waals surface area contributed by atoms with Crippen molar-refractivity contribution in [3.63, 3.8) is 0 Å². The molecular formula is C51H82N2. The summed E-state index contributed by atoms with van der Waals surface area (Å²) in [5, 5.41) is 0. The molecule has 0 spiro atoms. The highest BCUT2D eigenvalue weighted by atomic mass is 15.2. The second kappa shape index (κ2) is 25.6. The molecule has 2 aromatic carbocycles. The first-order valence-electron chi connectivity index (χ1n) is 23.2. The van der Waals surface area contributed by atoms with E-state index in [0.29, 0.717) is 0 Å². The molecule has 1 aliphatic heterocycles. The van der Waals surface area contributed by atoms with E-state index in [0.717, 1.165) is 62.8 Å². The van der Waals surface area contributed by atoms with Crippen LogP contribution in [0.5, 0.6) is 0 Å². The number of nitrogens with zero attached hydrogens (tertiary/aromatic N) is 2. The zero-order chi connectivity index (χ0) is 38.4. The summed E-state index contributed by atoms with van der Waals surface area (Å²) in [6.07, 6.45) is 32.6. The number of unbranched alkanes of at least 4 members (excludes halogenated alkanes) is 13. The lowest BCUT2D eigenvalue weighted by atomic mass is 9.86. The van der Waals surface area contributed by atoms with E-state index in [4.69, 9.17) is 0 Å². The van der Waals surface area contributed by atoms with E-state index in [9.17, 15) is 5.53 Å². The highest BCUT2D eigenvalue weighted by Crippen LogP contribution is 2.46. The van der Waals surface area contributed by atoms with Crippen LogP contribution >= 0.6 is 0 Å². The van der Waals surface area contributed by atoms with E-state index in [1.807, 2.05) is 0 Å². The van der Waals surface area contributed by atoms with Gasteiger partial charge < -0.3 is 5.53 Å². The summed E-state index contributed by atoms with van der Waals surface area (Å²) in [7, 11) is 0. The molecule has 3 rings (SSSR count). The molecule has 2 aromatic rings. The van der Waals surface area contributed by atoms with E-state index < -0.39 is 0 Å². The summed E-state index contributed by atoms with van der Waals surface area (Å²) < 4.78 is 1.72. The Morgan fingerprint density at radius 3 is 0.925 bits per heavy atom. The smallest absolute Gasteiger partial charge is 0.211 e. The van der Waals surface area contributed by atoms with Crippen molar-refractivity contribution < 1.29 is 4.70 Å². The van der Waals surface area contributed by atoms with Crippen molar-refractivity contribution in [2.24, 2.45) is 0 Å². The Kier molecular flexibility index (Phi) is 21.7. The number of allylic oxidation sites excluding steroid dienone is 2. The molecule has 296 valence electrons. The van der Waals surface area contributed by atoms with Crippen LogP contribution in [0, 0.1) is 0 Å². The number of rotatable bonds is 29. The average molecular weight is 723 g/mol. The SMILES string of the molecule is CCCCCCCCC1=C(c2cc(CCCC)c(CC)c(CCCC)c2)[N+](=[N-])C(c2cc(CCCC)c(CC)c(CCCC)c2)=C1CCCCCCC. The molecule has 0 aromatic heterocycles. The molecule has 0 saturated heterocycles. The molecule has 0 bridgehead atoms. The van der Waals surface area contributed by atoms with Gasteiger partial charge in [-0.15, -0.1) is 0 Å². The van der Waals surface area contributed by atoms with E-state index >= 15 is 0 Å². The largest absolute Gasteiger partial charge is 0.493 e. The highest BCUT2D eigenvalue weighted by molar-refractivity contribution is 5.83. The fourth-order valence-electron chi connectivity index (χ4n) is 8.91. The van der Waals surface area contributed by atoms with Crippen molar-refractivity contribution in [2.45, 2.75) is 229 Å². The standard InChI is InChI=1S/C51H82N2/c1-9-17-23-25-27-29-35-49-48(34-28-26-24-18-10-2)50(44-36-40(30-19-11-3)46(15-7)41(37-44)31-20-12-4)53(52)51(49)45-38-42(32-21-13-5)47(16-8)43(39-45)33-22-14-6/h36-39H,9-35H2,1-8H3. The molecule has 0 radical (unpaired) electrons. The summed E-state index contributed by atoms with van der Waals surface area (Å²) in [6.45, 7) is 18.6. The molecule has 0 amide bonds. The summed E-state index contributed by atoms with van der Waals surface area (Å²) in [5.74, 6) is 0. The maximum Gasteiger partial charge on any atom is 0.211 e. The maximum atomic E-state index is 12.8. The topological polar surface area (TPSA) is 25.3 Å². The number of hydrogen-bond acceptors (Lipinski definition) is 0. The van der Waals surface area contributed by atoms with Crippen LogP contribution in [0.15, 0.2) is 35.4 Å². The minimum atomic E-state index is 1.05. The molecule has 2 nitrogen and oxygen atoms in total. The fraction of sp³-hybridized carbons (Fsp3) is 0.686. The summed E-state index contributed by atoms with van der Waals surface area (Å²) >= 11 is 0. The second-order valence-electron chi connectivity index (χ2n) is 16.3. The predicted octanol–water partition coefficient (Wildman–Crippen LogP) is 16.5. The molecule has 0 N–H and O–H groups in total. The molecule has 1 aliphatic rings. The lowest BCUT2D eigenvalue weighted by molar-refractivity contribution is -0.345. The third-order valence-electron chi connectivity index (χ3n) is 12.0. The molecule has 0 unspecified atom stereocenters. The molecular weight excluding hydrogens is 641 g/mol. The first kappa shape index (κ1) is 44.9. The Labute approximate surface area is 329 Å². The van der Waals surface area contributed by atoms with Crippen LogP contribution < -0.4 is 0 Å². The van der Waals surface area contributed by atoms with Gasteiger partial charge in [-0.2, -0.15) is 0 Å². The minimum absolute atomic E-state index is 1.05. The van der Waals surface area contributed by atoms with Gasteiger partial charge in [0.15, 0.2) is 0 Å². The second-order valence-corrected chi connectivity index (χ2v) is 16.3. The van der Waals surface area contributed by atoms with Crippen LogP contribution in [0.4, 0.5) is 0 Å². The van der Waals surface area contributed by atoms with Crippen molar-refractivity contribution in [3.05, 3.63) is 85.5 Å². The summed E-state index contributed by atoms with van der Waals surface area (Å²) in [4.78, 5) is 0. The summed E-state index contributed by atoms with van der Waals surface area (Å²) in [6, 6.07) is 10.0. The Morgan fingerprint density at radius 1 is 0.358 bits per heavy atom. The van der Waals surface area contributed by atoms with Crippen LogP contribution in [0.25, 0.3) is 16.9 Å². The first-order valence-corrected chi connectivity index (χ1v) is 23.2. The lowest BCUT2D eigenvalue weighted by Crippen LogP contribution is -2.08. The van der Waals surface area contributed by atoms with Crippen LogP contribution in [-0.4, -0.2) is 4.70 Å². The molecule has 0 saturated carbocycles. The van der Waals surface area contributed by atoms with Crippen molar-refractivity contribution in [2.75, 3.05) is 0 Å². The third-order valence-corrected chi connectivity index (χ3v) is 12.0. The molecule has 0 aliphatic carbocycles. The van der Waals surface area contributed by atoms with Gasteiger partial charge in [0.2, 0.25) is 11.4 Å². The molecule has 2 heteroatoms. The molecule has 53 heavy (non-hydrogen) atoms. The van der Waals surface area contributed by atoms with Gasteiger partial charge in [0.1, 0.15) is 0 Å². The van der Waals surface area contributed by atoms with Crippen LogP contribution in [0.1, 0.15) is 235 Å². The van der Waals surface area contributed by atoms with E-state index in [1.54, 1.807) is 15.8 Å². The number of hydrogen-bond donors (Lipinski definition) is 0. The van der Waals surface area contributed by atoms with Gasteiger partial charge in [-0.3, -0.25) is 0 Å². The lowest BCUT2D eigenvalue weighted by Gasteiger charge is -2.19. The minimum Gasteiger partial charge on any atom is -0.493 e. The zero-order valence-corrected chi connectivity index (χ0v) is 36.3. The Hall–Kier alpha value is -2.48. The van der Waals surface area contributed by atoms with Crippen LogP contribution in [0.2, 0.25) is 0 Å². The van der Waals surface area contributed by atoms with E-state index in [2.05, 4.69) is 79.7 Å². The van der Waals surface area contributed by atoms with Gasteiger partial charge in [-0.25, -0.2) is 4.70 Å². The van der Waals surface area contributed by atoms with Crippen LogP contribution in [0.3, 0.4) is 0 Å².